The Balaban J connectivity index is 1.68. The van der Waals surface area contributed by atoms with E-state index >= 15 is 0 Å². The van der Waals surface area contributed by atoms with Crippen molar-refractivity contribution in [3.05, 3.63) is 56.5 Å². The van der Waals surface area contributed by atoms with Gasteiger partial charge in [0.05, 0.1) is 22.5 Å². The van der Waals surface area contributed by atoms with Gasteiger partial charge in [0.25, 0.3) is 11.8 Å². The summed E-state index contributed by atoms with van der Waals surface area (Å²) in [5, 5.41) is 0. The molecule has 0 aliphatic carbocycles. The second-order valence-corrected chi connectivity index (χ2v) is 15.8. The Morgan fingerprint density at radius 2 is 0.915 bits per heavy atom. The van der Waals surface area contributed by atoms with Crippen molar-refractivity contribution in [3.63, 3.8) is 0 Å². The number of carbonyl (C=O) groups is 2. The average molecular weight is 771 g/mol. The van der Waals surface area contributed by atoms with Gasteiger partial charge < -0.3 is 9.80 Å². The first-order chi connectivity index (χ1) is 22.8. The monoisotopic (exact) mass is 768 g/mol. The van der Waals surface area contributed by atoms with E-state index in [0.717, 1.165) is 70.0 Å². The molecule has 0 aromatic heterocycles. The highest BCUT2D eigenvalue weighted by atomic mass is 79.9. The Kier molecular flexibility index (Phi) is 15.6. The summed E-state index contributed by atoms with van der Waals surface area (Å²) in [6, 6.07) is 12.2. The minimum absolute atomic E-state index is 0.0187. The third kappa shape index (κ3) is 9.84. The number of fused-ring (bicyclic) bond motifs is 2. The van der Waals surface area contributed by atoms with E-state index in [0.29, 0.717) is 36.1 Å². The predicted molar refractivity (Wildman–Crippen MR) is 208 cm³/mol. The Labute approximate surface area is 302 Å². The van der Waals surface area contributed by atoms with Crippen LogP contribution in [0.5, 0.6) is 0 Å². The van der Waals surface area contributed by atoms with Gasteiger partial charge in [-0.1, -0.05) is 155 Å². The number of rotatable bonds is 21. The zero-order valence-electron chi connectivity index (χ0n) is 29.5. The molecule has 2 heterocycles. The van der Waals surface area contributed by atoms with Crippen molar-refractivity contribution in [2.24, 2.45) is 11.8 Å². The van der Waals surface area contributed by atoms with Crippen molar-refractivity contribution in [3.8, 4) is 0 Å². The quantitative estimate of drug-likeness (QED) is 0.0937. The lowest BCUT2D eigenvalue weighted by atomic mass is 9.93. The molecule has 0 bridgehead atoms. The van der Waals surface area contributed by atoms with E-state index in [4.69, 9.17) is 0 Å². The van der Waals surface area contributed by atoms with Crippen LogP contribution in [0.25, 0.3) is 11.1 Å². The molecule has 0 saturated heterocycles. The topological polar surface area (TPSA) is 40.6 Å². The maximum atomic E-state index is 14.7. The standard InChI is InChI=1S/C41H58Br2N2O2/c1-5-9-12-14-15-17-21-31(20-16-13-10-6-2)29-45-37-27-33(43)23-25-35(37)39(41(45)47)38-34-24-22-32(42)26-36(34)44(40(38)46)28-30(18-8-4)19-11-7-3/h22-27,30-31H,5-21,28-29H2,1-4H3/b39-38+. The SMILES string of the molecule is CCCCCCCCC(CCCCCC)CN1C(=O)/C(=C2/C(=O)N(CC(CCC)CCCC)c3cc(Br)ccc32)c2ccc(Br)cc21. The van der Waals surface area contributed by atoms with Crippen LogP contribution in [0.2, 0.25) is 0 Å². The van der Waals surface area contributed by atoms with Crippen LogP contribution in [0.1, 0.15) is 148 Å². The molecule has 4 rings (SSSR count). The van der Waals surface area contributed by atoms with Gasteiger partial charge in [0.1, 0.15) is 0 Å². The Morgan fingerprint density at radius 1 is 0.511 bits per heavy atom. The molecule has 47 heavy (non-hydrogen) atoms. The van der Waals surface area contributed by atoms with Crippen LogP contribution < -0.4 is 9.80 Å². The van der Waals surface area contributed by atoms with Crippen molar-refractivity contribution >= 4 is 66.2 Å². The molecule has 0 radical (unpaired) electrons. The molecular formula is C41H58Br2N2O2. The largest absolute Gasteiger partial charge is 0.307 e. The summed E-state index contributed by atoms with van der Waals surface area (Å²) < 4.78 is 1.91. The molecule has 2 amide bonds. The lowest BCUT2D eigenvalue weighted by molar-refractivity contribution is -0.114. The third-order valence-electron chi connectivity index (χ3n) is 10.2. The number of hydrogen-bond acceptors (Lipinski definition) is 2. The van der Waals surface area contributed by atoms with Crippen molar-refractivity contribution in [2.75, 3.05) is 22.9 Å². The van der Waals surface area contributed by atoms with Crippen LogP contribution in [-0.2, 0) is 9.59 Å². The number of hydrogen-bond donors (Lipinski definition) is 0. The van der Waals surface area contributed by atoms with E-state index in [1.807, 2.05) is 34.1 Å². The first kappa shape index (κ1) is 37.9. The molecule has 6 heteroatoms. The Hall–Kier alpha value is -1.92. The summed E-state index contributed by atoms with van der Waals surface area (Å²) in [4.78, 5) is 33.2. The molecule has 2 aliphatic heterocycles. The minimum atomic E-state index is -0.0297. The van der Waals surface area contributed by atoms with Crippen molar-refractivity contribution in [1.29, 1.82) is 0 Å². The van der Waals surface area contributed by atoms with E-state index in [1.54, 1.807) is 0 Å². The van der Waals surface area contributed by atoms with Crippen LogP contribution in [0.15, 0.2) is 45.3 Å². The molecule has 2 atom stereocenters. The van der Waals surface area contributed by atoms with Gasteiger partial charge in [0.2, 0.25) is 0 Å². The Morgan fingerprint density at radius 3 is 1.38 bits per heavy atom. The van der Waals surface area contributed by atoms with E-state index in [-0.39, 0.29) is 11.8 Å². The predicted octanol–water partition coefficient (Wildman–Crippen LogP) is 12.8. The maximum absolute atomic E-state index is 14.7. The average Bonchev–Trinajstić information content (AvgIpc) is 3.47. The van der Waals surface area contributed by atoms with Crippen molar-refractivity contribution in [1.82, 2.24) is 0 Å². The second-order valence-electron chi connectivity index (χ2n) is 14.0. The van der Waals surface area contributed by atoms with Crippen molar-refractivity contribution in [2.45, 2.75) is 137 Å². The van der Waals surface area contributed by atoms with Crippen LogP contribution in [-0.4, -0.2) is 24.9 Å². The lowest BCUT2D eigenvalue weighted by Gasteiger charge is -2.25. The molecule has 0 fully saturated rings. The fraction of sp³-hybridized carbons (Fsp3) is 0.610. The van der Waals surface area contributed by atoms with E-state index in [1.165, 1.54) is 70.6 Å². The minimum Gasteiger partial charge on any atom is -0.307 e. The van der Waals surface area contributed by atoms with Gasteiger partial charge in [0.15, 0.2) is 0 Å². The maximum Gasteiger partial charge on any atom is 0.259 e. The third-order valence-corrected chi connectivity index (χ3v) is 11.2. The number of anilines is 2. The first-order valence-electron chi connectivity index (χ1n) is 18.8. The molecule has 2 unspecified atom stereocenters. The summed E-state index contributed by atoms with van der Waals surface area (Å²) >= 11 is 7.37. The van der Waals surface area contributed by atoms with Crippen LogP contribution >= 0.6 is 31.9 Å². The van der Waals surface area contributed by atoms with Gasteiger partial charge in [-0.3, -0.25) is 9.59 Å². The number of benzene rings is 2. The number of amides is 2. The molecule has 0 saturated carbocycles. The first-order valence-corrected chi connectivity index (χ1v) is 20.4. The van der Waals surface area contributed by atoms with E-state index < -0.39 is 0 Å². The second kappa shape index (κ2) is 19.3. The van der Waals surface area contributed by atoms with Gasteiger partial charge in [-0.25, -0.2) is 0 Å². The molecule has 2 aromatic rings. The smallest absolute Gasteiger partial charge is 0.259 e. The molecule has 0 N–H and O–H groups in total. The zero-order valence-corrected chi connectivity index (χ0v) is 32.7. The van der Waals surface area contributed by atoms with Crippen LogP contribution in [0, 0.1) is 11.8 Å². The van der Waals surface area contributed by atoms with E-state index in [9.17, 15) is 9.59 Å². The fourth-order valence-electron chi connectivity index (χ4n) is 7.59. The lowest BCUT2D eigenvalue weighted by Crippen LogP contribution is -2.34. The van der Waals surface area contributed by atoms with Gasteiger partial charge in [0, 0.05) is 33.2 Å². The molecular weight excluding hydrogens is 712 g/mol. The van der Waals surface area contributed by atoms with Gasteiger partial charge in [-0.05, 0) is 61.8 Å². The summed E-state index contributed by atoms with van der Waals surface area (Å²) in [7, 11) is 0. The van der Waals surface area contributed by atoms with Crippen molar-refractivity contribution < 1.29 is 9.59 Å². The summed E-state index contributed by atoms with van der Waals surface area (Å²) in [6.07, 6.45) is 20.6. The van der Waals surface area contributed by atoms with Gasteiger partial charge in [-0.2, -0.15) is 0 Å². The normalized spacial score (nSPS) is 17.1. The summed E-state index contributed by atoms with van der Waals surface area (Å²) in [6.45, 7) is 10.4. The highest BCUT2D eigenvalue weighted by molar-refractivity contribution is 9.10. The molecule has 2 aromatic carbocycles. The molecule has 0 spiro atoms. The molecule has 4 nitrogen and oxygen atoms in total. The fourth-order valence-corrected chi connectivity index (χ4v) is 8.29. The zero-order chi connectivity index (χ0) is 33.8. The Bertz CT molecular complexity index is 1370. The summed E-state index contributed by atoms with van der Waals surface area (Å²) in [5.74, 6) is 0.841. The molecule has 2 aliphatic rings. The highest BCUT2D eigenvalue weighted by Crippen LogP contribution is 2.48. The van der Waals surface area contributed by atoms with Crippen LogP contribution in [0.3, 0.4) is 0 Å². The van der Waals surface area contributed by atoms with Gasteiger partial charge in [-0.15, -0.1) is 0 Å². The number of carbonyl (C=O) groups excluding carboxylic acids is 2. The number of halogens is 2. The molecule has 258 valence electrons. The van der Waals surface area contributed by atoms with Gasteiger partial charge >= 0.3 is 0 Å². The highest BCUT2D eigenvalue weighted by Gasteiger charge is 2.43. The van der Waals surface area contributed by atoms with E-state index in [2.05, 4.69) is 71.7 Å². The number of unbranched alkanes of at least 4 members (excludes halogenated alkanes) is 9. The summed E-state index contributed by atoms with van der Waals surface area (Å²) in [5.41, 5.74) is 4.78. The number of nitrogens with zero attached hydrogens (tertiary/aromatic N) is 2. The van der Waals surface area contributed by atoms with Crippen LogP contribution in [0.4, 0.5) is 11.4 Å².